The molecular weight excluding hydrogens is 294 g/mol. The summed E-state index contributed by atoms with van der Waals surface area (Å²) in [5, 5.41) is 3.95. The molecule has 2 aliphatic carbocycles. The molecule has 0 atom stereocenters. The van der Waals surface area contributed by atoms with Crippen molar-refractivity contribution < 1.29 is 8.42 Å². The summed E-state index contributed by atoms with van der Waals surface area (Å²) in [6.45, 7) is 2.71. The van der Waals surface area contributed by atoms with Crippen molar-refractivity contribution in [2.24, 2.45) is 11.3 Å². The highest BCUT2D eigenvalue weighted by Gasteiger charge is 2.53. The molecule has 0 aromatic carbocycles. The molecule has 1 aromatic rings. The first kappa shape index (κ1) is 14.1. The van der Waals surface area contributed by atoms with E-state index in [0.29, 0.717) is 16.8 Å². The van der Waals surface area contributed by atoms with Crippen molar-refractivity contribution in [3.63, 3.8) is 0 Å². The topological polar surface area (TPSA) is 85.1 Å². The average Bonchev–Trinajstić information content (AvgIpc) is 3.25. The summed E-state index contributed by atoms with van der Waals surface area (Å²) < 4.78 is 28.6. The fourth-order valence-electron chi connectivity index (χ4n) is 2.92. The maximum Gasteiger partial charge on any atom is 0.185 e. The first-order chi connectivity index (χ1) is 9.48. The Morgan fingerprint density at radius 3 is 2.70 bits per heavy atom. The fraction of sp³-hybridized carbons (Fsp3) is 0.769. The first-order valence-electron chi connectivity index (χ1n) is 7.20. The highest BCUT2D eigenvalue weighted by molar-refractivity contribution is 7.91. The molecule has 7 heteroatoms. The van der Waals surface area contributed by atoms with E-state index in [1.54, 1.807) is 0 Å². The van der Waals surface area contributed by atoms with E-state index in [0.717, 1.165) is 24.0 Å². The molecule has 112 valence electrons. The maximum absolute atomic E-state index is 12.3. The van der Waals surface area contributed by atoms with E-state index in [2.05, 4.69) is 9.69 Å². The van der Waals surface area contributed by atoms with Crippen molar-refractivity contribution in [2.45, 2.75) is 43.9 Å². The average molecular weight is 315 g/mol. The van der Waals surface area contributed by atoms with Gasteiger partial charge in [0.2, 0.25) is 0 Å². The van der Waals surface area contributed by atoms with Crippen LogP contribution in [0.2, 0.25) is 0 Å². The molecule has 0 unspecified atom stereocenters. The van der Waals surface area contributed by atoms with Crippen LogP contribution in [0.1, 0.15) is 39.0 Å². The molecule has 0 amide bonds. The molecule has 1 heterocycles. The number of nitrogens with one attached hydrogen (secondary N) is 1. The third-order valence-corrected chi connectivity index (χ3v) is 7.32. The van der Waals surface area contributed by atoms with Gasteiger partial charge in [-0.25, -0.2) is 8.42 Å². The number of anilines is 2. The van der Waals surface area contributed by atoms with E-state index in [-0.39, 0.29) is 16.5 Å². The van der Waals surface area contributed by atoms with E-state index in [4.69, 9.17) is 5.73 Å². The van der Waals surface area contributed by atoms with Crippen molar-refractivity contribution in [2.75, 3.05) is 23.3 Å². The van der Waals surface area contributed by atoms with Crippen molar-refractivity contribution in [1.82, 2.24) is 4.37 Å². The van der Waals surface area contributed by atoms with Crippen LogP contribution in [0.4, 0.5) is 10.8 Å². The lowest BCUT2D eigenvalue weighted by atomic mass is 10.0. The van der Waals surface area contributed by atoms with E-state index in [1.807, 2.05) is 6.92 Å². The lowest BCUT2D eigenvalue weighted by molar-refractivity contribution is 0.467. The molecule has 2 fully saturated rings. The molecule has 0 aliphatic heterocycles. The maximum atomic E-state index is 12.3. The number of nitrogen functional groups attached to an aromatic ring is 1. The molecule has 0 bridgehead atoms. The van der Waals surface area contributed by atoms with Gasteiger partial charge in [-0.3, -0.25) is 0 Å². The minimum absolute atomic E-state index is 0.123. The van der Waals surface area contributed by atoms with Gasteiger partial charge in [-0.2, -0.15) is 4.37 Å². The van der Waals surface area contributed by atoms with Gasteiger partial charge < -0.3 is 11.1 Å². The molecule has 2 saturated carbocycles. The van der Waals surface area contributed by atoms with Crippen LogP contribution in [0.5, 0.6) is 0 Å². The number of sulfone groups is 1. The molecule has 2 aliphatic rings. The van der Waals surface area contributed by atoms with Crippen molar-refractivity contribution in [1.29, 1.82) is 0 Å². The summed E-state index contributed by atoms with van der Waals surface area (Å²) in [5.74, 6) is 1.11. The highest BCUT2D eigenvalue weighted by Crippen LogP contribution is 2.61. The third kappa shape index (κ3) is 2.53. The van der Waals surface area contributed by atoms with Crippen LogP contribution < -0.4 is 11.1 Å². The zero-order chi connectivity index (χ0) is 14.4. The molecule has 0 radical (unpaired) electrons. The Balaban J connectivity index is 1.77. The molecular formula is C13H21N3O2S2. The lowest BCUT2D eigenvalue weighted by Crippen LogP contribution is -2.18. The third-order valence-electron chi connectivity index (χ3n) is 4.39. The number of nitrogens with zero attached hydrogens (tertiary/aromatic N) is 1. The predicted molar refractivity (Wildman–Crippen MR) is 81.8 cm³/mol. The number of nitrogens with two attached hydrogens (primary N) is 1. The molecule has 0 spiro atoms. The second-order valence-corrected chi connectivity index (χ2v) is 8.85. The van der Waals surface area contributed by atoms with Crippen LogP contribution in [-0.4, -0.2) is 25.1 Å². The number of hydrogen-bond donors (Lipinski definition) is 2. The Labute approximate surface area is 124 Å². The second-order valence-electron chi connectivity index (χ2n) is 6.04. The number of hydrogen-bond acceptors (Lipinski definition) is 6. The Morgan fingerprint density at radius 2 is 2.15 bits per heavy atom. The Bertz CT molecular complexity index is 601. The van der Waals surface area contributed by atoms with E-state index in [1.165, 1.54) is 25.7 Å². The monoisotopic (exact) mass is 315 g/mol. The first-order valence-corrected chi connectivity index (χ1v) is 9.63. The zero-order valence-electron chi connectivity index (χ0n) is 11.7. The van der Waals surface area contributed by atoms with Crippen LogP contribution in [0.25, 0.3) is 0 Å². The smallest absolute Gasteiger partial charge is 0.185 e. The van der Waals surface area contributed by atoms with Gasteiger partial charge in [0.1, 0.15) is 9.90 Å². The highest BCUT2D eigenvalue weighted by atomic mass is 32.2. The SMILES string of the molecule is CCCS(=O)(=O)c1c(N)nsc1NCC1(C2CC2)CC1. The molecule has 3 N–H and O–H groups in total. The van der Waals surface area contributed by atoms with Crippen LogP contribution in [0.3, 0.4) is 0 Å². The van der Waals surface area contributed by atoms with Gasteiger partial charge in [0.15, 0.2) is 15.7 Å². The molecule has 20 heavy (non-hydrogen) atoms. The van der Waals surface area contributed by atoms with E-state index < -0.39 is 9.84 Å². The van der Waals surface area contributed by atoms with Gasteiger partial charge in [0.05, 0.1) is 5.75 Å². The molecule has 3 rings (SSSR count). The summed E-state index contributed by atoms with van der Waals surface area (Å²) in [7, 11) is -3.32. The summed E-state index contributed by atoms with van der Waals surface area (Å²) in [6.07, 6.45) is 5.76. The molecule has 1 aromatic heterocycles. The summed E-state index contributed by atoms with van der Waals surface area (Å²) >= 11 is 1.16. The number of rotatable bonds is 7. The molecule has 0 saturated heterocycles. The summed E-state index contributed by atoms with van der Waals surface area (Å²) in [5.41, 5.74) is 6.19. The second kappa shape index (κ2) is 4.87. The van der Waals surface area contributed by atoms with Gasteiger partial charge in [-0.15, -0.1) is 0 Å². The Kier molecular flexibility index (Phi) is 3.44. The quantitative estimate of drug-likeness (QED) is 0.807. The standard InChI is InChI=1S/C13H21N3O2S2/c1-2-7-20(17,18)10-11(14)16-19-12(10)15-8-13(5-6-13)9-3-4-9/h9,15H,2-8H2,1H3,(H2,14,16). The van der Waals surface area contributed by atoms with Crippen molar-refractivity contribution >= 4 is 32.2 Å². The predicted octanol–water partition coefficient (Wildman–Crippen LogP) is 2.51. The van der Waals surface area contributed by atoms with Gasteiger partial charge in [0, 0.05) is 6.54 Å². The largest absolute Gasteiger partial charge is 0.382 e. The van der Waals surface area contributed by atoms with Crippen molar-refractivity contribution in [3.8, 4) is 0 Å². The summed E-state index contributed by atoms with van der Waals surface area (Å²) in [4.78, 5) is 0.218. The van der Waals surface area contributed by atoms with Crippen LogP contribution >= 0.6 is 11.5 Å². The lowest BCUT2D eigenvalue weighted by Gasteiger charge is -2.15. The number of aromatic nitrogens is 1. The van der Waals surface area contributed by atoms with Crippen LogP contribution in [0, 0.1) is 11.3 Å². The van der Waals surface area contributed by atoms with E-state index in [9.17, 15) is 8.42 Å². The minimum Gasteiger partial charge on any atom is -0.382 e. The minimum atomic E-state index is -3.32. The fourth-order valence-corrected chi connectivity index (χ4v) is 5.54. The van der Waals surface area contributed by atoms with Gasteiger partial charge in [0.25, 0.3) is 0 Å². The normalized spacial score (nSPS) is 20.9. The Hall–Kier alpha value is -0.820. The summed E-state index contributed by atoms with van der Waals surface area (Å²) in [6, 6.07) is 0. The van der Waals surface area contributed by atoms with E-state index >= 15 is 0 Å². The Morgan fingerprint density at radius 1 is 1.45 bits per heavy atom. The zero-order valence-corrected chi connectivity index (χ0v) is 13.3. The van der Waals surface area contributed by atoms with Gasteiger partial charge >= 0.3 is 0 Å². The van der Waals surface area contributed by atoms with Gasteiger partial charge in [-0.05, 0) is 55.0 Å². The van der Waals surface area contributed by atoms with Gasteiger partial charge in [-0.1, -0.05) is 6.92 Å². The molecule has 5 nitrogen and oxygen atoms in total. The van der Waals surface area contributed by atoms with Crippen LogP contribution in [0.15, 0.2) is 4.90 Å². The van der Waals surface area contributed by atoms with Crippen LogP contribution in [-0.2, 0) is 9.84 Å². The van der Waals surface area contributed by atoms with Crippen molar-refractivity contribution in [3.05, 3.63) is 0 Å².